The first-order valence-electron chi connectivity index (χ1n) is 12.8. The van der Waals surface area contributed by atoms with E-state index in [1.54, 1.807) is 12.1 Å². The lowest BCUT2D eigenvalue weighted by Gasteiger charge is -2.31. The number of carbonyl (C=O) groups excluding carboxylic acids is 1. The van der Waals surface area contributed by atoms with Gasteiger partial charge in [-0.25, -0.2) is 0 Å². The van der Waals surface area contributed by atoms with Gasteiger partial charge in [0.25, 0.3) is 17.2 Å². The van der Waals surface area contributed by atoms with Crippen LogP contribution in [0.15, 0.2) is 51.8 Å². The average molecular weight is 554 g/mol. The summed E-state index contributed by atoms with van der Waals surface area (Å²) in [7, 11) is 0. The van der Waals surface area contributed by atoms with E-state index in [2.05, 4.69) is 5.32 Å². The van der Waals surface area contributed by atoms with Crippen molar-refractivity contribution in [2.45, 2.75) is 63.5 Å². The maximum atomic E-state index is 13.6. The average Bonchev–Trinajstić information content (AvgIpc) is 3.24. The molecule has 1 aliphatic rings. The van der Waals surface area contributed by atoms with Crippen LogP contribution >= 0.6 is 11.8 Å². The van der Waals surface area contributed by atoms with Crippen LogP contribution < -0.4 is 10.9 Å². The third-order valence-corrected chi connectivity index (χ3v) is 8.06. The van der Waals surface area contributed by atoms with Crippen LogP contribution in [-0.2, 0) is 16.0 Å². The molecule has 0 radical (unpaired) electrons. The molecule has 1 aromatic heterocycles. The Kier molecular flexibility index (Phi) is 8.59. The number of aliphatic carboxylic acids is 1. The predicted octanol–water partition coefficient (Wildman–Crippen LogP) is 5.83. The molecule has 4 rings (SSSR count). The lowest BCUT2D eigenvalue weighted by molar-refractivity contribution is -0.384. The Morgan fingerprint density at radius 2 is 1.85 bits per heavy atom. The normalized spacial score (nSPS) is 14.6. The van der Waals surface area contributed by atoms with Crippen molar-refractivity contribution in [3.05, 3.63) is 85.4 Å². The Labute approximate surface area is 229 Å². The summed E-state index contributed by atoms with van der Waals surface area (Å²) in [5, 5.41) is 23.8. The zero-order chi connectivity index (χ0) is 28.2. The monoisotopic (exact) mass is 553 g/mol. The van der Waals surface area contributed by atoms with Crippen LogP contribution in [0, 0.1) is 17.0 Å². The first-order valence-corrected chi connectivity index (χ1v) is 14.0. The van der Waals surface area contributed by atoms with Crippen LogP contribution in [0.5, 0.6) is 0 Å². The third kappa shape index (κ3) is 6.42. The highest BCUT2D eigenvalue weighted by Gasteiger charge is 2.37. The number of nitro groups is 1. The van der Waals surface area contributed by atoms with Gasteiger partial charge in [-0.1, -0.05) is 43.9 Å². The van der Waals surface area contributed by atoms with Crippen LogP contribution in [0.3, 0.4) is 0 Å². The number of carbonyl (C=O) groups is 2. The number of aryl methyl sites for hydroxylation is 1. The maximum absolute atomic E-state index is 13.6. The van der Waals surface area contributed by atoms with E-state index in [1.807, 2.05) is 26.0 Å². The van der Waals surface area contributed by atoms with Crippen molar-refractivity contribution in [1.29, 1.82) is 0 Å². The van der Waals surface area contributed by atoms with Crippen LogP contribution in [0.25, 0.3) is 5.69 Å². The summed E-state index contributed by atoms with van der Waals surface area (Å²) in [5.74, 6) is -0.398. The number of benzene rings is 2. The van der Waals surface area contributed by atoms with Crippen LogP contribution in [0.1, 0.15) is 72.7 Å². The molecule has 2 N–H and O–H groups in total. The minimum atomic E-state index is -0.922. The molecule has 1 fully saturated rings. The maximum Gasteiger partial charge on any atom is 0.304 e. The Hall–Kier alpha value is -3.86. The lowest BCUT2D eigenvalue weighted by Crippen LogP contribution is -2.26. The number of anilines is 1. The van der Waals surface area contributed by atoms with Gasteiger partial charge in [-0.2, -0.15) is 11.8 Å². The number of hydrogen-bond donors (Lipinski definition) is 2. The van der Waals surface area contributed by atoms with E-state index in [1.165, 1.54) is 23.9 Å². The van der Waals surface area contributed by atoms with E-state index in [0.29, 0.717) is 22.8 Å². The molecule has 39 heavy (non-hydrogen) atoms. The molecule has 1 aliphatic carbocycles. The summed E-state index contributed by atoms with van der Waals surface area (Å²) in [6.45, 7) is 3.96. The Balaban J connectivity index is 1.71. The van der Waals surface area contributed by atoms with Gasteiger partial charge in [0.1, 0.15) is 5.76 Å². The van der Waals surface area contributed by atoms with Crippen LogP contribution in [-0.4, -0.2) is 32.4 Å². The minimum absolute atomic E-state index is 0.0408. The quantitative estimate of drug-likeness (QED) is 0.181. The molecule has 0 bridgehead atoms. The molecular weight excluding hydrogens is 522 g/mol. The van der Waals surface area contributed by atoms with Crippen LogP contribution in [0.4, 0.5) is 11.4 Å². The summed E-state index contributed by atoms with van der Waals surface area (Å²) < 4.78 is 7.07. The number of carboxylic acid groups (broad SMARTS) is 1. The molecule has 1 amide bonds. The van der Waals surface area contributed by atoms with Crippen molar-refractivity contribution < 1.29 is 24.1 Å². The molecular formula is C28H31N3O7S. The SMILES string of the molecule is Cc1ccc(NC(=O)c2ccc(-n3oc(C4(C)CCCCC4)c(CSCCC(=O)O)c3=O)c([N+](=O)[O-])c2)cc1. The predicted molar refractivity (Wildman–Crippen MR) is 149 cm³/mol. The fourth-order valence-corrected chi connectivity index (χ4v) is 5.81. The number of thioether (sulfide) groups is 1. The van der Waals surface area contributed by atoms with Crippen molar-refractivity contribution >= 4 is 35.0 Å². The summed E-state index contributed by atoms with van der Waals surface area (Å²) in [4.78, 5) is 48.8. The number of nitro benzene ring substituents is 1. The zero-order valence-corrected chi connectivity index (χ0v) is 22.7. The number of carboxylic acids is 1. The summed E-state index contributed by atoms with van der Waals surface area (Å²) >= 11 is 1.31. The largest absolute Gasteiger partial charge is 0.481 e. The summed E-state index contributed by atoms with van der Waals surface area (Å²) in [6.07, 6.45) is 4.62. The van der Waals surface area contributed by atoms with Gasteiger partial charge >= 0.3 is 5.97 Å². The van der Waals surface area contributed by atoms with E-state index < -0.39 is 33.5 Å². The highest BCUT2D eigenvalue weighted by atomic mass is 32.2. The fourth-order valence-electron chi connectivity index (χ4n) is 4.88. The molecule has 10 nitrogen and oxygen atoms in total. The molecule has 3 aromatic rings. The minimum Gasteiger partial charge on any atom is -0.481 e. The second-order valence-corrected chi connectivity index (χ2v) is 11.2. The van der Waals surface area contributed by atoms with Gasteiger partial charge in [0, 0.05) is 34.2 Å². The Morgan fingerprint density at radius 1 is 1.15 bits per heavy atom. The van der Waals surface area contributed by atoms with Gasteiger partial charge in [0.15, 0.2) is 5.69 Å². The number of hydrogen-bond acceptors (Lipinski definition) is 7. The van der Waals surface area contributed by atoms with Crippen molar-refractivity contribution in [2.75, 3.05) is 11.1 Å². The molecule has 11 heteroatoms. The van der Waals surface area contributed by atoms with Gasteiger partial charge in [-0.15, -0.1) is 4.74 Å². The smallest absolute Gasteiger partial charge is 0.304 e. The number of amides is 1. The van der Waals surface area contributed by atoms with Gasteiger partial charge in [0.2, 0.25) is 0 Å². The van der Waals surface area contributed by atoms with E-state index in [9.17, 15) is 24.5 Å². The van der Waals surface area contributed by atoms with E-state index in [0.717, 1.165) is 48.5 Å². The molecule has 0 saturated heterocycles. The molecule has 1 heterocycles. The topological polar surface area (TPSA) is 145 Å². The molecule has 1 saturated carbocycles. The lowest BCUT2D eigenvalue weighted by atomic mass is 9.73. The number of nitrogens with zero attached hydrogens (tertiary/aromatic N) is 2. The number of nitrogens with one attached hydrogen (secondary N) is 1. The van der Waals surface area contributed by atoms with E-state index in [4.69, 9.17) is 9.63 Å². The third-order valence-electron chi connectivity index (χ3n) is 7.07. The first-order chi connectivity index (χ1) is 18.6. The van der Waals surface area contributed by atoms with Gasteiger partial charge < -0.3 is 14.9 Å². The van der Waals surface area contributed by atoms with Crippen molar-refractivity contribution in [1.82, 2.24) is 4.74 Å². The second kappa shape index (κ2) is 11.9. The number of aromatic nitrogens is 1. The number of rotatable bonds is 10. The highest BCUT2D eigenvalue weighted by Crippen LogP contribution is 2.41. The second-order valence-electron chi connectivity index (χ2n) is 10.1. The molecule has 206 valence electrons. The highest BCUT2D eigenvalue weighted by molar-refractivity contribution is 7.98. The zero-order valence-electron chi connectivity index (χ0n) is 21.9. The molecule has 2 aromatic carbocycles. The Bertz CT molecular complexity index is 1440. The van der Waals surface area contributed by atoms with E-state index >= 15 is 0 Å². The molecule has 0 spiro atoms. The Morgan fingerprint density at radius 3 is 2.49 bits per heavy atom. The van der Waals surface area contributed by atoms with Gasteiger partial charge in [0.05, 0.1) is 16.9 Å². The standard InChI is InChI=1S/C28H31N3O7S/c1-18-6-9-20(10-7-18)29-26(34)19-8-11-22(23(16-19)31(36)37)30-27(35)21(17-39-15-12-24(32)33)25(38-30)28(2)13-4-3-5-14-28/h6-11,16H,3-5,12-15,17H2,1-2H3,(H,29,34)(H,32,33). The fraction of sp³-hybridized carbons (Fsp3) is 0.393. The van der Waals surface area contributed by atoms with Crippen molar-refractivity contribution in [3.63, 3.8) is 0 Å². The summed E-state index contributed by atoms with van der Waals surface area (Å²) in [6, 6.07) is 11.1. The van der Waals surface area contributed by atoms with Gasteiger partial charge in [-0.3, -0.25) is 24.5 Å². The van der Waals surface area contributed by atoms with Crippen LogP contribution in [0.2, 0.25) is 0 Å². The first kappa shape index (κ1) is 28.2. The summed E-state index contributed by atoms with van der Waals surface area (Å²) in [5.41, 5.74) is 0.605. The van der Waals surface area contributed by atoms with E-state index in [-0.39, 0.29) is 23.4 Å². The van der Waals surface area contributed by atoms with Crippen molar-refractivity contribution in [3.8, 4) is 5.69 Å². The molecule has 0 unspecified atom stereocenters. The van der Waals surface area contributed by atoms with Gasteiger partial charge in [-0.05, 0) is 44.0 Å². The molecule has 0 atom stereocenters. The van der Waals surface area contributed by atoms with Crippen molar-refractivity contribution in [2.24, 2.45) is 0 Å². The molecule has 0 aliphatic heterocycles.